The van der Waals surface area contributed by atoms with Crippen molar-refractivity contribution in [3.05, 3.63) is 92.2 Å². The monoisotopic (exact) mass is 797 g/mol. The molecule has 1 amide bonds. The molecule has 0 unspecified atom stereocenters. The van der Waals surface area contributed by atoms with Gasteiger partial charge < -0.3 is 25.7 Å². The summed E-state index contributed by atoms with van der Waals surface area (Å²) in [6.45, 7) is 4.15. The molecule has 288 valence electrons. The van der Waals surface area contributed by atoms with E-state index in [1.807, 2.05) is 18.5 Å². The maximum Gasteiger partial charge on any atom is 0.306 e. The number of aliphatic carboxylic acids is 1. The summed E-state index contributed by atoms with van der Waals surface area (Å²) in [5.74, 6) is 0.751. The molecule has 0 radical (unpaired) electrons. The number of aliphatic imine (C=N–C) groups is 2. The summed E-state index contributed by atoms with van der Waals surface area (Å²) in [6, 6.07) is 12.5. The number of β-amino-alcohol motifs (C(OH)–C–C–N with tert-alkyl or cyclic N) is 1. The Morgan fingerprint density at radius 3 is 1.77 bits per heavy atom. The van der Waals surface area contributed by atoms with Crippen LogP contribution in [0.1, 0.15) is 62.9 Å². The van der Waals surface area contributed by atoms with Gasteiger partial charge in [-0.2, -0.15) is 0 Å². The van der Waals surface area contributed by atoms with Crippen molar-refractivity contribution in [2.75, 3.05) is 23.7 Å². The molecule has 2 aromatic carbocycles. The lowest BCUT2D eigenvalue weighted by molar-refractivity contribution is -0.157. The Morgan fingerprint density at radius 1 is 0.754 bits per heavy atom. The molecule has 0 bridgehead atoms. The Labute approximate surface area is 335 Å². The van der Waals surface area contributed by atoms with E-state index in [-0.39, 0.29) is 17.7 Å². The van der Waals surface area contributed by atoms with Gasteiger partial charge in [0.05, 0.1) is 48.5 Å². The van der Waals surface area contributed by atoms with Gasteiger partial charge in [-0.15, -0.1) is 22.7 Å². The van der Waals surface area contributed by atoms with Crippen molar-refractivity contribution < 1.29 is 19.8 Å². The summed E-state index contributed by atoms with van der Waals surface area (Å²) in [5, 5.41) is 28.3. The van der Waals surface area contributed by atoms with Crippen LogP contribution in [0, 0.1) is 11.8 Å². The number of hydrogen-bond acceptors (Lipinski definition) is 13. The van der Waals surface area contributed by atoms with Crippen LogP contribution in [0.4, 0.5) is 23.0 Å². The average molecular weight is 798 g/mol. The molecule has 6 aromatic rings. The number of thiophene rings is 2. The van der Waals surface area contributed by atoms with Gasteiger partial charge in [-0.05, 0) is 103 Å². The smallest absolute Gasteiger partial charge is 0.306 e. The Kier molecular flexibility index (Phi) is 8.83. The van der Waals surface area contributed by atoms with Crippen LogP contribution >= 0.6 is 22.7 Å². The van der Waals surface area contributed by atoms with Gasteiger partial charge in [0.25, 0.3) is 0 Å². The third-order valence-electron chi connectivity index (χ3n) is 11.6. The number of aryl methyl sites for hydroxylation is 2. The first-order valence-corrected chi connectivity index (χ1v) is 20.8. The summed E-state index contributed by atoms with van der Waals surface area (Å²) in [7, 11) is 0. The van der Waals surface area contributed by atoms with Crippen molar-refractivity contribution in [3.63, 3.8) is 0 Å². The van der Waals surface area contributed by atoms with E-state index in [9.17, 15) is 19.8 Å². The third-order valence-corrected chi connectivity index (χ3v) is 13.9. The molecule has 3 aliphatic heterocycles. The van der Waals surface area contributed by atoms with E-state index >= 15 is 0 Å². The Balaban J connectivity index is 0.000000141. The van der Waals surface area contributed by atoms with E-state index in [0.29, 0.717) is 25.9 Å². The van der Waals surface area contributed by atoms with Crippen LogP contribution in [0.25, 0.3) is 20.4 Å². The van der Waals surface area contributed by atoms with Crippen LogP contribution in [0.2, 0.25) is 0 Å². The molecule has 1 saturated heterocycles. The molecule has 11 rings (SSSR count). The number of nitrogens with one attached hydrogen (secondary N) is 2. The standard InChI is InChI=1S/C23H23N5O2S.C19H16N4O2S/c1-23(30)10-28(11-23)22(29)13-3-5-17-18(7-13)31-21-19(17)20(25-12-26-21)27-16-4-2-14-8-24-9-15(14)6-16;24-19(25)10-2-4-14-15(6-10)26-18-16(14)17(21-9-22-18)23-13-3-1-11-7-20-8-12(11)5-13/h2,4,6,9,12-13,30H,3,5,7-8,10-11H2,1H3,(H,25,26,27);1,3,5,8-10H,2,4,6-7H2,(H,24,25)(H,21,22,23)/t13-;10-/m00/s1. The predicted octanol–water partition coefficient (Wildman–Crippen LogP) is 6.62. The second-order valence-corrected chi connectivity index (χ2v) is 17.9. The molecule has 7 heterocycles. The summed E-state index contributed by atoms with van der Waals surface area (Å²) in [6.07, 6.45) is 11.4. The lowest BCUT2D eigenvalue weighted by Gasteiger charge is -2.45. The number of carboxylic acids is 1. The maximum atomic E-state index is 12.9. The van der Waals surface area contributed by atoms with Crippen LogP contribution in [-0.2, 0) is 48.4 Å². The van der Waals surface area contributed by atoms with Gasteiger partial charge in [-0.25, -0.2) is 19.9 Å². The normalized spacial score (nSPS) is 19.6. The molecule has 2 aliphatic carbocycles. The molecule has 15 heteroatoms. The molecule has 13 nitrogen and oxygen atoms in total. The van der Waals surface area contributed by atoms with Gasteiger partial charge in [0, 0.05) is 39.5 Å². The number of nitrogens with zero attached hydrogens (tertiary/aromatic N) is 7. The van der Waals surface area contributed by atoms with E-state index < -0.39 is 11.6 Å². The van der Waals surface area contributed by atoms with Gasteiger partial charge in [-0.3, -0.25) is 19.6 Å². The second kappa shape index (κ2) is 14.1. The average Bonchev–Trinajstić information content (AvgIpc) is 4.01. The highest BCUT2D eigenvalue weighted by Gasteiger charge is 2.42. The maximum absolute atomic E-state index is 12.9. The van der Waals surface area contributed by atoms with E-state index in [1.165, 1.54) is 27.1 Å². The van der Waals surface area contributed by atoms with Gasteiger partial charge >= 0.3 is 5.97 Å². The molecule has 4 N–H and O–H groups in total. The number of carboxylic acid groups (broad SMARTS) is 1. The SMILES string of the molecule is CC1(O)CN(C(=O)[C@H]2CCc3c(sc4ncnc(Nc5ccc6c(c5)C=NC6)c34)C2)C1.O=C(O)[C@H]1CCc2c(sc3ncnc(Nc4ccc5c(c4)C=NC5)c23)C1. The minimum atomic E-state index is -0.729. The number of benzene rings is 2. The first-order chi connectivity index (χ1) is 27.7. The highest BCUT2D eigenvalue weighted by Crippen LogP contribution is 2.43. The fourth-order valence-corrected chi connectivity index (χ4v) is 11.2. The number of amides is 1. The highest BCUT2D eigenvalue weighted by atomic mass is 32.1. The van der Waals surface area contributed by atoms with E-state index in [2.05, 4.69) is 70.9 Å². The molecule has 4 aromatic heterocycles. The number of carbonyl (C=O) groups excluding carboxylic acids is 1. The first kappa shape index (κ1) is 35.8. The molecular formula is C42H39N9O4S2. The number of rotatable bonds is 6. The van der Waals surface area contributed by atoms with Crippen molar-refractivity contribution in [1.82, 2.24) is 24.8 Å². The third kappa shape index (κ3) is 6.72. The number of aromatic nitrogens is 4. The zero-order valence-electron chi connectivity index (χ0n) is 31.2. The van der Waals surface area contributed by atoms with Crippen LogP contribution in [0.15, 0.2) is 59.0 Å². The van der Waals surface area contributed by atoms with Gasteiger partial charge in [0.15, 0.2) is 0 Å². The fourth-order valence-electron chi connectivity index (χ4n) is 8.65. The van der Waals surface area contributed by atoms with E-state index in [1.54, 1.807) is 47.2 Å². The number of anilines is 4. The van der Waals surface area contributed by atoms with Crippen LogP contribution in [0.3, 0.4) is 0 Å². The number of aliphatic hydroxyl groups is 1. The lowest BCUT2D eigenvalue weighted by Crippen LogP contribution is -2.63. The molecular weight excluding hydrogens is 759 g/mol. The van der Waals surface area contributed by atoms with Crippen molar-refractivity contribution in [3.8, 4) is 0 Å². The highest BCUT2D eigenvalue weighted by molar-refractivity contribution is 7.19. The molecule has 0 saturated carbocycles. The number of fused-ring (bicyclic) bond motifs is 8. The summed E-state index contributed by atoms with van der Waals surface area (Å²) < 4.78 is 0. The van der Waals surface area contributed by atoms with Gasteiger partial charge in [-0.1, -0.05) is 12.1 Å². The summed E-state index contributed by atoms with van der Waals surface area (Å²) >= 11 is 3.26. The summed E-state index contributed by atoms with van der Waals surface area (Å²) in [4.78, 5) is 56.8. The molecule has 57 heavy (non-hydrogen) atoms. The van der Waals surface area contributed by atoms with Crippen LogP contribution in [-0.4, -0.2) is 78.0 Å². The number of likely N-dealkylation sites (tertiary alicyclic amines) is 1. The zero-order chi connectivity index (χ0) is 38.8. The number of carbonyl (C=O) groups is 2. The van der Waals surface area contributed by atoms with Gasteiger partial charge in [0.1, 0.15) is 34.0 Å². The predicted molar refractivity (Wildman–Crippen MR) is 223 cm³/mol. The molecule has 2 atom stereocenters. The van der Waals surface area contributed by atoms with Crippen molar-refractivity contribution in [1.29, 1.82) is 0 Å². The van der Waals surface area contributed by atoms with Crippen molar-refractivity contribution in [2.24, 2.45) is 21.8 Å². The topological polar surface area (TPSA) is 178 Å². The van der Waals surface area contributed by atoms with Crippen molar-refractivity contribution >= 4 is 90.4 Å². The first-order valence-electron chi connectivity index (χ1n) is 19.2. The minimum absolute atomic E-state index is 0.0166. The fraction of sp³-hybridized carbons (Fsp3) is 0.333. The van der Waals surface area contributed by atoms with Crippen LogP contribution in [0.5, 0.6) is 0 Å². The van der Waals surface area contributed by atoms with Gasteiger partial charge in [0.2, 0.25) is 5.91 Å². The minimum Gasteiger partial charge on any atom is -0.481 e. The lowest BCUT2D eigenvalue weighted by atomic mass is 9.85. The molecule has 0 spiro atoms. The number of hydrogen-bond donors (Lipinski definition) is 4. The van der Waals surface area contributed by atoms with E-state index in [0.717, 1.165) is 98.2 Å². The van der Waals surface area contributed by atoms with E-state index in [4.69, 9.17) is 0 Å². The van der Waals surface area contributed by atoms with Crippen LogP contribution < -0.4 is 10.6 Å². The Hall–Kier alpha value is -5.64. The Bertz CT molecular complexity index is 2680. The largest absolute Gasteiger partial charge is 0.481 e. The molecule has 1 fully saturated rings. The second-order valence-electron chi connectivity index (χ2n) is 15.7. The molecule has 5 aliphatic rings. The summed E-state index contributed by atoms with van der Waals surface area (Å²) in [5.41, 5.74) is 8.45. The quantitative estimate of drug-likeness (QED) is 0.143. The zero-order valence-corrected chi connectivity index (χ0v) is 32.8. The van der Waals surface area contributed by atoms with Crippen molar-refractivity contribution in [2.45, 2.75) is 64.1 Å². The Morgan fingerprint density at radius 2 is 1.26 bits per heavy atom.